The van der Waals surface area contributed by atoms with Crippen molar-refractivity contribution in [2.75, 3.05) is 5.43 Å². The molecule has 104 valence electrons. The van der Waals surface area contributed by atoms with E-state index in [1.807, 2.05) is 18.2 Å². The van der Waals surface area contributed by atoms with Crippen molar-refractivity contribution in [2.45, 2.75) is 32.6 Å². The van der Waals surface area contributed by atoms with E-state index in [9.17, 15) is 0 Å². The molecule has 0 amide bonds. The summed E-state index contributed by atoms with van der Waals surface area (Å²) in [6.07, 6.45) is 4.82. The Morgan fingerprint density at radius 1 is 1.30 bits per heavy atom. The average molecular weight is 285 g/mol. The van der Waals surface area contributed by atoms with Gasteiger partial charge in [-0.15, -0.1) is 11.3 Å². The van der Waals surface area contributed by atoms with Crippen LogP contribution in [0.1, 0.15) is 32.6 Å². The van der Waals surface area contributed by atoms with Crippen molar-refractivity contribution in [3.05, 3.63) is 35.7 Å². The molecule has 0 aliphatic heterocycles. The molecule has 3 nitrogen and oxygen atoms in total. The maximum atomic E-state index is 4.58. The zero-order valence-electron chi connectivity index (χ0n) is 11.7. The first-order valence-corrected chi connectivity index (χ1v) is 8.01. The number of anilines is 1. The second-order valence-corrected chi connectivity index (χ2v) is 6.25. The fourth-order valence-corrected chi connectivity index (χ4v) is 3.22. The number of hydrogen-bond donors (Lipinski definition) is 1. The van der Waals surface area contributed by atoms with E-state index in [4.69, 9.17) is 0 Å². The monoisotopic (exact) mass is 285 g/mol. The zero-order valence-corrected chi connectivity index (χ0v) is 12.5. The van der Waals surface area contributed by atoms with Gasteiger partial charge in [0, 0.05) is 16.7 Å². The Balaban J connectivity index is 1.67. The summed E-state index contributed by atoms with van der Waals surface area (Å²) in [4.78, 5) is 4.58. The van der Waals surface area contributed by atoms with E-state index in [-0.39, 0.29) is 0 Å². The Labute approximate surface area is 123 Å². The number of nitrogens with zero attached hydrogens (tertiary/aromatic N) is 2. The van der Waals surface area contributed by atoms with Gasteiger partial charge in [-0.3, -0.25) is 5.43 Å². The molecule has 1 aromatic heterocycles. The van der Waals surface area contributed by atoms with Crippen LogP contribution in [-0.2, 0) is 0 Å². The van der Waals surface area contributed by atoms with Gasteiger partial charge in [0.25, 0.3) is 0 Å². The SMILES string of the molecule is CC1CCC/C(=N/Nc2nc(-c3ccccc3)cs2)C1. The van der Waals surface area contributed by atoms with Gasteiger partial charge < -0.3 is 0 Å². The Morgan fingerprint density at radius 3 is 2.95 bits per heavy atom. The van der Waals surface area contributed by atoms with Crippen molar-refractivity contribution in [3.63, 3.8) is 0 Å². The van der Waals surface area contributed by atoms with Gasteiger partial charge in [0.05, 0.1) is 5.69 Å². The standard InChI is InChI=1S/C16H19N3S/c1-12-6-5-9-14(10-12)18-19-16-17-15(11-20-16)13-7-3-2-4-8-13/h2-4,7-8,11-12H,5-6,9-10H2,1H3,(H,17,19)/b18-14-. The van der Waals surface area contributed by atoms with Crippen LogP contribution >= 0.6 is 11.3 Å². The second kappa shape index (κ2) is 6.18. The minimum atomic E-state index is 0.764. The van der Waals surface area contributed by atoms with Crippen LogP contribution < -0.4 is 5.43 Å². The first kappa shape index (κ1) is 13.3. The van der Waals surface area contributed by atoms with Gasteiger partial charge in [-0.1, -0.05) is 37.3 Å². The second-order valence-electron chi connectivity index (χ2n) is 5.40. The first-order chi connectivity index (χ1) is 9.81. The summed E-state index contributed by atoms with van der Waals surface area (Å²) >= 11 is 1.60. The fraction of sp³-hybridized carbons (Fsp3) is 0.375. The molecule has 1 aliphatic rings. The summed E-state index contributed by atoms with van der Waals surface area (Å²) in [6, 6.07) is 10.2. The molecule has 1 saturated carbocycles. The molecule has 0 spiro atoms. The van der Waals surface area contributed by atoms with Crippen LogP contribution in [-0.4, -0.2) is 10.7 Å². The molecule has 1 aromatic carbocycles. The van der Waals surface area contributed by atoms with Gasteiger partial charge in [0.15, 0.2) is 0 Å². The third-order valence-corrected chi connectivity index (χ3v) is 4.38. The molecule has 1 unspecified atom stereocenters. The van der Waals surface area contributed by atoms with Gasteiger partial charge in [-0.25, -0.2) is 4.98 Å². The lowest BCUT2D eigenvalue weighted by Crippen LogP contribution is -2.13. The quantitative estimate of drug-likeness (QED) is 0.823. The third-order valence-electron chi connectivity index (χ3n) is 3.63. The van der Waals surface area contributed by atoms with Gasteiger partial charge in [-0.05, 0) is 31.6 Å². The Kier molecular flexibility index (Phi) is 4.11. The maximum absolute atomic E-state index is 4.58. The number of nitrogens with one attached hydrogen (secondary N) is 1. The topological polar surface area (TPSA) is 37.3 Å². The van der Waals surface area contributed by atoms with Crippen molar-refractivity contribution in [1.29, 1.82) is 0 Å². The number of thiazole rings is 1. The van der Waals surface area contributed by atoms with Gasteiger partial charge in [-0.2, -0.15) is 5.10 Å². The molecule has 1 fully saturated rings. The van der Waals surface area contributed by atoms with E-state index in [0.717, 1.165) is 35.1 Å². The predicted octanol–water partition coefficient (Wildman–Crippen LogP) is 4.79. The van der Waals surface area contributed by atoms with Crippen LogP contribution in [0.3, 0.4) is 0 Å². The number of hydrogen-bond acceptors (Lipinski definition) is 4. The Hall–Kier alpha value is -1.68. The van der Waals surface area contributed by atoms with Gasteiger partial charge >= 0.3 is 0 Å². The molecular formula is C16H19N3S. The average Bonchev–Trinajstić information content (AvgIpc) is 2.95. The van der Waals surface area contributed by atoms with E-state index >= 15 is 0 Å². The third kappa shape index (κ3) is 3.25. The highest BCUT2D eigenvalue weighted by Gasteiger charge is 2.14. The van der Waals surface area contributed by atoms with E-state index in [1.165, 1.54) is 18.6 Å². The number of rotatable bonds is 3. The van der Waals surface area contributed by atoms with Crippen molar-refractivity contribution >= 4 is 22.2 Å². The van der Waals surface area contributed by atoms with E-state index in [2.05, 4.69) is 39.9 Å². The molecule has 1 atom stereocenters. The molecule has 0 saturated heterocycles. The number of aromatic nitrogens is 1. The number of hydrazone groups is 1. The predicted molar refractivity (Wildman–Crippen MR) is 86.2 cm³/mol. The smallest absolute Gasteiger partial charge is 0.203 e. The van der Waals surface area contributed by atoms with Crippen LogP contribution in [0, 0.1) is 5.92 Å². The van der Waals surface area contributed by atoms with Crippen molar-refractivity contribution in [3.8, 4) is 11.3 Å². The Morgan fingerprint density at radius 2 is 2.15 bits per heavy atom. The molecule has 0 radical (unpaired) electrons. The summed E-state index contributed by atoms with van der Waals surface area (Å²) in [6.45, 7) is 2.30. The van der Waals surface area contributed by atoms with Crippen molar-refractivity contribution < 1.29 is 0 Å². The summed E-state index contributed by atoms with van der Waals surface area (Å²) in [7, 11) is 0. The van der Waals surface area contributed by atoms with E-state index in [0.29, 0.717) is 0 Å². The number of benzene rings is 1. The fourth-order valence-electron chi connectivity index (χ4n) is 2.56. The summed E-state index contributed by atoms with van der Waals surface area (Å²) in [5.41, 5.74) is 6.56. The van der Waals surface area contributed by atoms with E-state index < -0.39 is 0 Å². The minimum absolute atomic E-state index is 0.764. The lowest BCUT2D eigenvalue weighted by atomic mass is 9.89. The first-order valence-electron chi connectivity index (χ1n) is 7.13. The van der Waals surface area contributed by atoms with Gasteiger partial charge in [0.1, 0.15) is 0 Å². The molecule has 0 bridgehead atoms. The van der Waals surface area contributed by atoms with Crippen LogP contribution in [0.15, 0.2) is 40.8 Å². The summed E-state index contributed by atoms with van der Waals surface area (Å²) in [5, 5.41) is 7.47. The summed E-state index contributed by atoms with van der Waals surface area (Å²) < 4.78 is 0. The zero-order chi connectivity index (χ0) is 13.8. The van der Waals surface area contributed by atoms with Crippen molar-refractivity contribution in [2.24, 2.45) is 11.0 Å². The molecule has 20 heavy (non-hydrogen) atoms. The van der Waals surface area contributed by atoms with Crippen LogP contribution in [0.4, 0.5) is 5.13 Å². The van der Waals surface area contributed by atoms with Crippen molar-refractivity contribution in [1.82, 2.24) is 4.98 Å². The molecule has 1 aliphatic carbocycles. The highest BCUT2D eigenvalue weighted by atomic mass is 32.1. The molecule has 1 N–H and O–H groups in total. The van der Waals surface area contributed by atoms with E-state index in [1.54, 1.807) is 11.3 Å². The molecule has 3 rings (SSSR count). The normalized spacial score (nSPS) is 21.1. The van der Waals surface area contributed by atoms with Crippen LogP contribution in [0.2, 0.25) is 0 Å². The molecule has 4 heteroatoms. The largest absolute Gasteiger partial charge is 0.253 e. The van der Waals surface area contributed by atoms with Gasteiger partial charge in [0.2, 0.25) is 5.13 Å². The van der Waals surface area contributed by atoms with Crippen LogP contribution in [0.25, 0.3) is 11.3 Å². The highest BCUT2D eigenvalue weighted by Crippen LogP contribution is 2.25. The maximum Gasteiger partial charge on any atom is 0.203 e. The molecule has 2 aromatic rings. The van der Waals surface area contributed by atoms with Crippen LogP contribution in [0.5, 0.6) is 0 Å². The minimum Gasteiger partial charge on any atom is -0.253 e. The lowest BCUT2D eigenvalue weighted by molar-refractivity contribution is 0.500. The molecular weight excluding hydrogens is 266 g/mol. The highest BCUT2D eigenvalue weighted by molar-refractivity contribution is 7.14. The molecule has 1 heterocycles. The Bertz CT molecular complexity index is 589. The summed E-state index contributed by atoms with van der Waals surface area (Å²) in [5.74, 6) is 0.764. The lowest BCUT2D eigenvalue weighted by Gasteiger charge is -2.18.